The van der Waals surface area contributed by atoms with Crippen molar-refractivity contribution in [3.63, 3.8) is 0 Å². The zero-order valence-electron chi connectivity index (χ0n) is 16.9. The van der Waals surface area contributed by atoms with Gasteiger partial charge in [-0.1, -0.05) is 24.3 Å². The summed E-state index contributed by atoms with van der Waals surface area (Å²) in [7, 11) is 0. The number of aryl methyl sites for hydroxylation is 2. The molecule has 2 heterocycles. The maximum Gasteiger partial charge on any atom is 0.191 e. The number of aromatic nitrogens is 2. The third kappa shape index (κ3) is 5.95. The van der Waals surface area contributed by atoms with E-state index < -0.39 is 0 Å². The van der Waals surface area contributed by atoms with Gasteiger partial charge in [-0.05, 0) is 56.4 Å². The Balaban J connectivity index is 0.00000280. The molecule has 0 fully saturated rings. The highest BCUT2D eigenvalue weighted by molar-refractivity contribution is 14.0. The van der Waals surface area contributed by atoms with Crippen LogP contribution in [-0.4, -0.2) is 35.6 Å². The molecule has 3 N–H and O–H groups in total. The number of aliphatic imine (C=N–C) groups is 1. The molecule has 0 saturated heterocycles. The van der Waals surface area contributed by atoms with E-state index >= 15 is 0 Å². The fourth-order valence-corrected chi connectivity index (χ4v) is 3.17. The third-order valence-corrected chi connectivity index (χ3v) is 4.68. The number of benzene rings is 1. The van der Waals surface area contributed by atoms with Gasteiger partial charge in [-0.3, -0.25) is 9.98 Å². The average Bonchev–Trinajstić information content (AvgIpc) is 3.08. The summed E-state index contributed by atoms with van der Waals surface area (Å²) >= 11 is 0. The number of nitrogens with one attached hydrogen (secondary N) is 3. The monoisotopic (exact) mass is 491 g/mol. The number of para-hydroxylation sites is 1. The highest BCUT2D eigenvalue weighted by Crippen LogP contribution is 2.21. The van der Waals surface area contributed by atoms with Gasteiger partial charge in [0.05, 0.1) is 0 Å². The second-order valence-corrected chi connectivity index (χ2v) is 6.81. The molecule has 0 radical (unpaired) electrons. The molecule has 0 aliphatic carbocycles. The Hall–Kier alpha value is -2.09. The number of aromatic amines is 1. The van der Waals surface area contributed by atoms with E-state index in [1.807, 2.05) is 13.1 Å². The van der Waals surface area contributed by atoms with Gasteiger partial charge >= 0.3 is 0 Å². The third-order valence-electron chi connectivity index (χ3n) is 4.68. The van der Waals surface area contributed by atoms with Crippen LogP contribution in [0.25, 0.3) is 10.9 Å². The predicted molar refractivity (Wildman–Crippen MR) is 129 cm³/mol. The summed E-state index contributed by atoms with van der Waals surface area (Å²) in [4.78, 5) is 12.5. The van der Waals surface area contributed by atoms with Crippen LogP contribution in [0.3, 0.4) is 0 Å². The number of nitrogens with zero attached hydrogens (tertiary/aromatic N) is 2. The first-order chi connectivity index (χ1) is 13.2. The quantitative estimate of drug-likeness (QED) is 0.265. The zero-order chi connectivity index (χ0) is 19.1. The van der Waals surface area contributed by atoms with Gasteiger partial charge in [-0.25, -0.2) is 0 Å². The maximum atomic E-state index is 4.73. The molecule has 0 aliphatic rings. The minimum atomic E-state index is 0. The normalized spacial score (nSPS) is 11.3. The summed E-state index contributed by atoms with van der Waals surface area (Å²) in [6, 6.07) is 10.6. The van der Waals surface area contributed by atoms with Crippen molar-refractivity contribution in [3.05, 3.63) is 65.1 Å². The molecule has 0 saturated carbocycles. The molecule has 0 unspecified atom stereocenters. The first-order valence-corrected chi connectivity index (χ1v) is 9.66. The topological polar surface area (TPSA) is 65.1 Å². The van der Waals surface area contributed by atoms with Gasteiger partial charge in [-0.2, -0.15) is 0 Å². The Morgan fingerprint density at radius 3 is 2.71 bits per heavy atom. The predicted octanol–water partition coefficient (Wildman–Crippen LogP) is 4.14. The van der Waals surface area contributed by atoms with Gasteiger partial charge in [0.2, 0.25) is 0 Å². The first-order valence-electron chi connectivity index (χ1n) is 9.66. The molecule has 0 bridgehead atoms. The summed E-state index contributed by atoms with van der Waals surface area (Å²) in [5.41, 5.74) is 6.11. The molecule has 6 heteroatoms. The van der Waals surface area contributed by atoms with Crippen molar-refractivity contribution in [1.29, 1.82) is 0 Å². The molecule has 1 aromatic carbocycles. The van der Waals surface area contributed by atoms with Crippen molar-refractivity contribution in [2.75, 3.05) is 19.6 Å². The highest BCUT2D eigenvalue weighted by atomic mass is 127. The van der Waals surface area contributed by atoms with Crippen LogP contribution in [0, 0.1) is 13.8 Å². The number of hydrogen-bond acceptors (Lipinski definition) is 2. The molecular weight excluding hydrogens is 461 g/mol. The largest absolute Gasteiger partial charge is 0.361 e. The highest BCUT2D eigenvalue weighted by Gasteiger charge is 2.05. The number of pyridine rings is 1. The molecule has 0 amide bonds. The van der Waals surface area contributed by atoms with E-state index in [4.69, 9.17) is 4.99 Å². The maximum absolute atomic E-state index is 4.73. The molecule has 3 aromatic rings. The van der Waals surface area contributed by atoms with Crippen molar-refractivity contribution in [2.45, 2.75) is 33.6 Å². The fourth-order valence-electron chi connectivity index (χ4n) is 3.17. The number of rotatable bonds is 7. The van der Waals surface area contributed by atoms with E-state index in [0.29, 0.717) is 0 Å². The molecule has 0 aliphatic heterocycles. The number of halogens is 1. The van der Waals surface area contributed by atoms with E-state index in [0.717, 1.165) is 44.1 Å². The van der Waals surface area contributed by atoms with Gasteiger partial charge < -0.3 is 15.6 Å². The average molecular weight is 491 g/mol. The van der Waals surface area contributed by atoms with Crippen LogP contribution >= 0.6 is 24.0 Å². The Bertz CT molecular complexity index is 899. The van der Waals surface area contributed by atoms with Crippen molar-refractivity contribution >= 4 is 40.8 Å². The SMILES string of the molecule is CCNC(=NCCc1c[nH]c2c(C)cccc12)NCCc1ccc(C)nc1.I. The molecule has 3 rings (SSSR count). The van der Waals surface area contributed by atoms with Gasteiger partial charge in [0.1, 0.15) is 0 Å². The zero-order valence-corrected chi connectivity index (χ0v) is 19.2. The van der Waals surface area contributed by atoms with Crippen molar-refractivity contribution in [2.24, 2.45) is 4.99 Å². The van der Waals surface area contributed by atoms with E-state index in [9.17, 15) is 0 Å². The van der Waals surface area contributed by atoms with Gasteiger partial charge in [0, 0.05) is 48.6 Å². The van der Waals surface area contributed by atoms with E-state index in [1.54, 1.807) is 0 Å². The first kappa shape index (κ1) is 22.2. The van der Waals surface area contributed by atoms with E-state index in [2.05, 4.69) is 71.0 Å². The summed E-state index contributed by atoms with van der Waals surface area (Å²) < 4.78 is 0. The lowest BCUT2D eigenvalue weighted by Crippen LogP contribution is -2.38. The van der Waals surface area contributed by atoms with Crippen molar-refractivity contribution in [1.82, 2.24) is 20.6 Å². The van der Waals surface area contributed by atoms with Gasteiger partial charge in [0.15, 0.2) is 5.96 Å². The summed E-state index contributed by atoms with van der Waals surface area (Å²) in [6.45, 7) is 8.67. The Kier molecular flexibility index (Phi) is 8.76. The number of guanidine groups is 1. The molecule has 5 nitrogen and oxygen atoms in total. The second kappa shape index (κ2) is 11.0. The molecule has 28 heavy (non-hydrogen) atoms. The van der Waals surface area contributed by atoms with Crippen LogP contribution in [-0.2, 0) is 12.8 Å². The van der Waals surface area contributed by atoms with Crippen LogP contribution in [0.5, 0.6) is 0 Å². The lowest BCUT2D eigenvalue weighted by atomic mass is 10.1. The molecule has 0 atom stereocenters. The van der Waals surface area contributed by atoms with Crippen LogP contribution in [0.1, 0.15) is 29.3 Å². The lowest BCUT2D eigenvalue weighted by molar-refractivity contribution is 0.795. The Morgan fingerprint density at radius 2 is 1.96 bits per heavy atom. The minimum absolute atomic E-state index is 0. The molecule has 2 aromatic heterocycles. The van der Waals surface area contributed by atoms with Gasteiger partial charge in [-0.15, -0.1) is 24.0 Å². The van der Waals surface area contributed by atoms with Crippen LogP contribution in [0.15, 0.2) is 47.7 Å². The smallest absolute Gasteiger partial charge is 0.191 e. The van der Waals surface area contributed by atoms with Crippen LogP contribution < -0.4 is 10.6 Å². The number of H-pyrrole nitrogens is 1. The van der Waals surface area contributed by atoms with E-state index in [1.165, 1.54) is 27.6 Å². The number of hydrogen-bond donors (Lipinski definition) is 3. The second-order valence-electron chi connectivity index (χ2n) is 6.81. The van der Waals surface area contributed by atoms with Crippen molar-refractivity contribution < 1.29 is 0 Å². The molecule has 150 valence electrons. The lowest BCUT2D eigenvalue weighted by Gasteiger charge is -2.11. The summed E-state index contributed by atoms with van der Waals surface area (Å²) in [6.07, 6.45) is 5.90. The van der Waals surface area contributed by atoms with Crippen LogP contribution in [0.4, 0.5) is 0 Å². The summed E-state index contributed by atoms with van der Waals surface area (Å²) in [5, 5.41) is 8.03. The van der Waals surface area contributed by atoms with Crippen molar-refractivity contribution in [3.8, 4) is 0 Å². The Morgan fingerprint density at radius 1 is 1.11 bits per heavy atom. The molecular formula is C22H30IN5. The standard InChI is InChI=1S/C22H29N5.HI/c1-4-23-22(24-12-10-18-9-8-17(3)26-14-18)25-13-11-19-15-27-21-16(2)6-5-7-20(19)21;/h5-9,14-15,27H,4,10-13H2,1-3H3,(H2,23,24,25);1H. The van der Waals surface area contributed by atoms with Gasteiger partial charge in [0.25, 0.3) is 0 Å². The number of fused-ring (bicyclic) bond motifs is 1. The minimum Gasteiger partial charge on any atom is -0.361 e. The van der Waals surface area contributed by atoms with Crippen LogP contribution in [0.2, 0.25) is 0 Å². The van der Waals surface area contributed by atoms with E-state index in [-0.39, 0.29) is 24.0 Å². The fraction of sp³-hybridized carbons (Fsp3) is 0.364. The summed E-state index contributed by atoms with van der Waals surface area (Å²) in [5.74, 6) is 0.869. The Labute approximate surface area is 184 Å². The molecule has 0 spiro atoms.